The zero-order valence-corrected chi connectivity index (χ0v) is 8.43. The van der Waals surface area contributed by atoms with Gasteiger partial charge >= 0.3 is 0 Å². The summed E-state index contributed by atoms with van der Waals surface area (Å²) in [6, 6.07) is 9.93. The molecule has 0 aliphatic carbocycles. The molecule has 0 aliphatic heterocycles. The van der Waals surface area contributed by atoms with Crippen molar-refractivity contribution in [1.29, 1.82) is 0 Å². The fourth-order valence-corrected chi connectivity index (χ4v) is 1.43. The summed E-state index contributed by atoms with van der Waals surface area (Å²) in [4.78, 5) is 2.89. The molecule has 0 heterocycles. The molecular weight excluding hydrogens is 174 g/mol. The molecule has 0 amide bonds. The Bertz CT molecular complexity index is 302. The average Bonchev–Trinajstić information content (AvgIpc) is 2.25. The number of hydrogen-bond donors (Lipinski definition) is 0. The normalized spacial score (nSPS) is 11.8. The maximum atomic E-state index is 8.46. The summed E-state index contributed by atoms with van der Waals surface area (Å²) in [7, 11) is 0. The molecule has 0 radical (unpaired) electrons. The van der Waals surface area contributed by atoms with E-state index in [2.05, 4.69) is 16.9 Å². The smallest absolute Gasteiger partial charge is 0.0625 e. The summed E-state index contributed by atoms with van der Waals surface area (Å²) in [6.07, 6.45) is 3.16. The third-order valence-electron chi connectivity index (χ3n) is 2.21. The Balaban J connectivity index is 2.72. The van der Waals surface area contributed by atoms with Crippen LogP contribution < -0.4 is 0 Å². The molecule has 0 unspecified atom stereocenters. The van der Waals surface area contributed by atoms with Gasteiger partial charge in [0, 0.05) is 4.91 Å². The van der Waals surface area contributed by atoms with Crippen molar-refractivity contribution >= 4 is 0 Å². The fourth-order valence-electron chi connectivity index (χ4n) is 1.43. The summed E-state index contributed by atoms with van der Waals surface area (Å²) in [6.45, 7) is 2.14. The molecule has 0 bridgehead atoms. The third-order valence-corrected chi connectivity index (χ3v) is 2.21. The highest BCUT2D eigenvalue weighted by molar-refractivity contribution is 5.18. The summed E-state index contributed by atoms with van der Waals surface area (Å²) < 4.78 is 0. The first-order chi connectivity index (χ1) is 6.88. The van der Waals surface area contributed by atoms with Gasteiger partial charge in [0.05, 0.1) is 6.04 Å². The second-order valence-electron chi connectivity index (χ2n) is 3.27. The Morgan fingerprint density at radius 2 is 2.07 bits per heavy atom. The Kier molecular flexibility index (Phi) is 4.59. The largest absolute Gasteiger partial charge is 0.0859 e. The van der Waals surface area contributed by atoms with E-state index in [1.54, 1.807) is 0 Å². The first kappa shape index (κ1) is 10.6. The van der Waals surface area contributed by atoms with Crippen molar-refractivity contribution in [3.63, 3.8) is 0 Å². The molecule has 0 aromatic heterocycles. The molecule has 0 spiro atoms. The van der Waals surface area contributed by atoms with E-state index >= 15 is 0 Å². The van der Waals surface area contributed by atoms with Crippen molar-refractivity contribution in [3.8, 4) is 0 Å². The van der Waals surface area contributed by atoms with E-state index in [0.29, 0.717) is 0 Å². The number of hydrogen-bond acceptors (Lipinski definition) is 1. The predicted molar refractivity (Wildman–Crippen MR) is 57.9 cm³/mol. The highest BCUT2D eigenvalue weighted by atomic mass is 15.1. The Morgan fingerprint density at radius 3 is 2.64 bits per heavy atom. The van der Waals surface area contributed by atoms with Crippen LogP contribution in [0.25, 0.3) is 10.4 Å². The maximum absolute atomic E-state index is 8.46. The van der Waals surface area contributed by atoms with Gasteiger partial charge in [-0.25, -0.2) is 0 Å². The van der Waals surface area contributed by atoms with Crippen LogP contribution in [0.15, 0.2) is 35.4 Å². The van der Waals surface area contributed by atoms with E-state index in [4.69, 9.17) is 5.53 Å². The molecule has 1 atom stereocenters. The Hall–Kier alpha value is -1.47. The molecule has 74 valence electrons. The van der Waals surface area contributed by atoms with Gasteiger partial charge in [0.2, 0.25) is 0 Å². The lowest BCUT2D eigenvalue weighted by atomic mass is 10.0. The van der Waals surface area contributed by atoms with E-state index in [0.717, 1.165) is 24.8 Å². The van der Waals surface area contributed by atoms with Gasteiger partial charge in [-0.05, 0) is 17.5 Å². The summed E-state index contributed by atoms with van der Waals surface area (Å²) in [5.74, 6) is 0. The molecule has 0 aliphatic rings. The van der Waals surface area contributed by atoms with E-state index in [9.17, 15) is 0 Å². The Morgan fingerprint density at radius 1 is 1.36 bits per heavy atom. The average molecular weight is 189 g/mol. The lowest BCUT2D eigenvalue weighted by molar-refractivity contribution is 0.600. The summed E-state index contributed by atoms with van der Waals surface area (Å²) >= 11 is 0. The van der Waals surface area contributed by atoms with E-state index in [1.807, 2.05) is 30.3 Å². The lowest BCUT2D eigenvalue weighted by Gasteiger charge is -2.09. The molecule has 1 rings (SSSR count). The van der Waals surface area contributed by atoms with Gasteiger partial charge in [0.25, 0.3) is 0 Å². The number of azide groups is 1. The number of benzene rings is 1. The molecule has 3 heteroatoms. The van der Waals surface area contributed by atoms with Crippen molar-refractivity contribution in [2.75, 3.05) is 0 Å². The minimum Gasteiger partial charge on any atom is -0.0859 e. The van der Waals surface area contributed by atoms with Crippen LogP contribution in [-0.4, -0.2) is 0 Å². The summed E-state index contributed by atoms with van der Waals surface area (Å²) in [5.41, 5.74) is 9.57. The number of rotatable bonds is 5. The fraction of sp³-hybridized carbons (Fsp3) is 0.455. The lowest BCUT2D eigenvalue weighted by Crippen LogP contribution is -1.93. The van der Waals surface area contributed by atoms with Crippen LogP contribution in [0.1, 0.15) is 37.8 Å². The van der Waals surface area contributed by atoms with Gasteiger partial charge in [-0.1, -0.05) is 55.2 Å². The number of nitrogens with zero attached hydrogens (tertiary/aromatic N) is 3. The van der Waals surface area contributed by atoms with Crippen molar-refractivity contribution in [2.24, 2.45) is 5.11 Å². The van der Waals surface area contributed by atoms with Crippen LogP contribution in [0.2, 0.25) is 0 Å². The van der Waals surface area contributed by atoms with Crippen molar-refractivity contribution in [1.82, 2.24) is 0 Å². The van der Waals surface area contributed by atoms with Crippen LogP contribution >= 0.6 is 0 Å². The molecule has 1 aromatic carbocycles. The topological polar surface area (TPSA) is 48.8 Å². The van der Waals surface area contributed by atoms with Crippen molar-refractivity contribution in [3.05, 3.63) is 46.3 Å². The van der Waals surface area contributed by atoms with Gasteiger partial charge < -0.3 is 0 Å². The molecule has 14 heavy (non-hydrogen) atoms. The standard InChI is InChI=1S/C11H15N3/c1-2-3-9-11(13-14-12)10-7-5-4-6-8-10/h4-8,11H,2-3,9H2,1H3/t11-/m1/s1. The molecule has 3 nitrogen and oxygen atoms in total. The van der Waals surface area contributed by atoms with Gasteiger partial charge in [0.1, 0.15) is 0 Å². The predicted octanol–water partition coefficient (Wildman–Crippen LogP) is 4.23. The van der Waals surface area contributed by atoms with Gasteiger partial charge in [0.15, 0.2) is 0 Å². The Labute approximate surface area is 84.4 Å². The van der Waals surface area contributed by atoms with Gasteiger partial charge in [-0.2, -0.15) is 0 Å². The zero-order valence-electron chi connectivity index (χ0n) is 8.43. The molecule has 0 fully saturated rings. The van der Waals surface area contributed by atoms with Crippen LogP contribution in [0.3, 0.4) is 0 Å². The second kappa shape index (κ2) is 6.06. The van der Waals surface area contributed by atoms with Crippen LogP contribution in [0.5, 0.6) is 0 Å². The van der Waals surface area contributed by atoms with Crippen LogP contribution in [0.4, 0.5) is 0 Å². The van der Waals surface area contributed by atoms with Gasteiger partial charge in [-0.15, -0.1) is 0 Å². The van der Waals surface area contributed by atoms with E-state index in [1.165, 1.54) is 0 Å². The highest BCUT2D eigenvalue weighted by Crippen LogP contribution is 2.23. The minimum absolute atomic E-state index is 0.00106. The van der Waals surface area contributed by atoms with E-state index in [-0.39, 0.29) is 6.04 Å². The van der Waals surface area contributed by atoms with Gasteiger partial charge in [-0.3, -0.25) is 0 Å². The highest BCUT2D eigenvalue weighted by Gasteiger charge is 2.07. The molecule has 0 saturated carbocycles. The monoisotopic (exact) mass is 189 g/mol. The van der Waals surface area contributed by atoms with Crippen LogP contribution in [0, 0.1) is 0 Å². The van der Waals surface area contributed by atoms with Crippen LogP contribution in [-0.2, 0) is 0 Å². The van der Waals surface area contributed by atoms with Crippen molar-refractivity contribution < 1.29 is 0 Å². The summed E-state index contributed by atoms with van der Waals surface area (Å²) in [5, 5.41) is 3.81. The second-order valence-corrected chi connectivity index (χ2v) is 3.27. The molecular formula is C11H15N3. The maximum Gasteiger partial charge on any atom is 0.0625 e. The first-order valence-electron chi connectivity index (χ1n) is 4.97. The van der Waals surface area contributed by atoms with E-state index < -0.39 is 0 Å². The third kappa shape index (κ3) is 3.11. The minimum atomic E-state index is 0.00106. The SMILES string of the molecule is CCCC[C@@H](N=[N+]=[N-])c1ccccc1. The molecule has 1 aromatic rings. The van der Waals surface area contributed by atoms with Crippen molar-refractivity contribution in [2.45, 2.75) is 32.2 Å². The zero-order chi connectivity index (χ0) is 10.2. The quantitative estimate of drug-likeness (QED) is 0.378. The molecule has 0 N–H and O–H groups in total. The number of unbranched alkanes of at least 4 members (excludes halogenated alkanes) is 1. The first-order valence-corrected chi connectivity index (χ1v) is 4.97. The molecule has 0 saturated heterocycles.